The van der Waals surface area contributed by atoms with Crippen LogP contribution in [0.1, 0.15) is 10.5 Å². The molecule has 0 unspecified atom stereocenters. The van der Waals surface area contributed by atoms with E-state index in [4.69, 9.17) is 4.74 Å². The third kappa shape index (κ3) is 7.14. The zero-order valence-electron chi connectivity index (χ0n) is 25.9. The normalized spacial score (nSPS) is 12.5. The summed E-state index contributed by atoms with van der Waals surface area (Å²) in [4.78, 5) is 10.0. The predicted molar refractivity (Wildman–Crippen MR) is 178 cm³/mol. The number of methoxy groups -OCH3 is 1. The Morgan fingerprint density at radius 1 is 0.827 bits per heavy atom. The van der Waals surface area contributed by atoms with Crippen LogP contribution in [0.3, 0.4) is 0 Å². The summed E-state index contributed by atoms with van der Waals surface area (Å²) in [6, 6.07) is 10.5. The van der Waals surface area contributed by atoms with E-state index in [9.17, 15) is 59.6 Å². The smallest absolute Gasteiger partial charge is 0.358 e. The van der Waals surface area contributed by atoms with Crippen LogP contribution in [0.4, 0.5) is 22.7 Å². The van der Waals surface area contributed by atoms with Crippen LogP contribution in [0.25, 0.3) is 16.5 Å². The molecule has 0 aliphatic carbocycles. The first-order valence-corrected chi connectivity index (χ1v) is 18.2. The standard InChI is InChI=1S/C29H22N6O14S3/c1-3-50(41,42)22-13-20(36)19(12-21(22)49-2)31-32-24-23(52(46,47)48)10-14-4-5-15(11-18(14)27(24)37)30-33-25-26(29(39)40)34-35(28(25)38)16-6-8-17(9-7-16)51(43,44)45/h3-13,36-38H,1H2,2H3,(H,39,40)(H,43,44,45)(H,46,47,48)/b32-31+,33-30+. The van der Waals surface area contributed by atoms with Gasteiger partial charge in [-0.15, -0.1) is 15.3 Å². The number of azo groups is 2. The summed E-state index contributed by atoms with van der Waals surface area (Å²) >= 11 is 0. The SMILES string of the molecule is C=CS(=O)(=O)c1cc(O)c(/N=N/c2c(S(=O)(=O)O)cc3ccc(/N=N/c4c(C(=O)O)nn(-c5ccc(S(=O)(=O)O)cc5)c4O)cc3c2O)cc1OC. The van der Waals surface area contributed by atoms with Crippen LogP contribution in [-0.4, -0.2) is 77.6 Å². The van der Waals surface area contributed by atoms with Gasteiger partial charge in [0.15, 0.2) is 11.4 Å². The van der Waals surface area contributed by atoms with Gasteiger partial charge in [0.2, 0.25) is 21.4 Å². The first-order valence-electron chi connectivity index (χ1n) is 13.8. The van der Waals surface area contributed by atoms with Gasteiger partial charge in [0.05, 0.1) is 23.4 Å². The number of hydrogen-bond donors (Lipinski definition) is 6. The minimum atomic E-state index is -5.08. The number of sulfone groups is 1. The van der Waals surface area contributed by atoms with E-state index in [1.165, 1.54) is 12.1 Å². The molecule has 6 N–H and O–H groups in total. The van der Waals surface area contributed by atoms with Crippen LogP contribution in [0, 0.1) is 0 Å². The monoisotopic (exact) mass is 774 g/mol. The lowest BCUT2D eigenvalue weighted by atomic mass is 10.1. The Morgan fingerprint density at radius 3 is 2.06 bits per heavy atom. The maximum absolute atomic E-state index is 12.3. The highest BCUT2D eigenvalue weighted by Crippen LogP contribution is 2.44. The molecule has 5 aromatic rings. The van der Waals surface area contributed by atoms with Crippen LogP contribution >= 0.6 is 0 Å². The summed E-state index contributed by atoms with van der Waals surface area (Å²) in [7, 11) is -12.6. The minimum absolute atomic E-state index is 0.0155. The van der Waals surface area contributed by atoms with Crippen LogP contribution < -0.4 is 4.74 Å². The molecule has 1 aromatic heterocycles. The molecule has 52 heavy (non-hydrogen) atoms. The zero-order chi connectivity index (χ0) is 38.3. The average molecular weight is 775 g/mol. The second-order valence-electron chi connectivity index (χ2n) is 10.3. The van der Waals surface area contributed by atoms with Gasteiger partial charge >= 0.3 is 5.97 Å². The van der Waals surface area contributed by atoms with Gasteiger partial charge < -0.3 is 25.2 Å². The number of benzene rings is 4. The van der Waals surface area contributed by atoms with E-state index < -0.39 is 90.9 Å². The first-order chi connectivity index (χ1) is 24.3. The highest BCUT2D eigenvalue weighted by Gasteiger charge is 2.26. The van der Waals surface area contributed by atoms with E-state index in [1.54, 1.807) is 0 Å². The number of hydrogen-bond acceptors (Lipinski definition) is 16. The Balaban J connectivity index is 1.59. The van der Waals surface area contributed by atoms with Crippen LogP contribution in [0.5, 0.6) is 23.1 Å². The minimum Gasteiger partial charge on any atom is -0.506 e. The molecule has 0 fully saturated rings. The van der Waals surface area contributed by atoms with Crippen molar-refractivity contribution in [2.75, 3.05) is 7.11 Å². The fourth-order valence-corrected chi connectivity index (χ4v) is 6.58. The number of nitrogens with zero attached hydrogens (tertiary/aromatic N) is 6. The van der Waals surface area contributed by atoms with Crippen LogP contribution in [0.15, 0.2) is 108 Å². The summed E-state index contributed by atoms with van der Waals surface area (Å²) in [5, 5.41) is 61.3. The third-order valence-corrected chi connectivity index (χ3v) is 10.1. The van der Waals surface area contributed by atoms with Crippen molar-refractivity contribution in [3.63, 3.8) is 0 Å². The van der Waals surface area contributed by atoms with Gasteiger partial charge in [0, 0.05) is 22.9 Å². The molecule has 1 heterocycles. The molecule has 0 aliphatic rings. The number of carbonyl (C=O) groups is 1. The van der Waals surface area contributed by atoms with Gasteiger partial charge in [-0.3, -0.25) is 9.11 Å². The lowest BCUT2D eigenvalue weighted by molar-refractivity contribution is 0.0690. The molecule has 0 saturated carbocycles. The molecule has 270 valence electrons. The number of aromatic nitrogens is 2. The molecular weight excluding hydrogens is 753 g/mol. The number of phenolic OH excluding ortho intramolecular Hbond substituents is 2. The van der Waals surface area contributed by atoms with Gasteiger partial charge in [0.1, 0.15) is 32.7 Å². The Kier molecular flexibility index (Phi) is 9.57. The van der Waals surface area contributed by atoms with Crippen molar-refractivity contribution in [3.05, 3.63) is 78.3 Å². The first kappa shape index (κ1) is 37.0. The maximum Gasteiger partial charge on any atom is 0.358 e. The zero-order valence-corrected chi connectivity index (χ0v) is 28.4. The van der Waals surface area contributed by atoms with E-state index in [1.807, 2.05) is 0 Å². The summed E-state index contributed by atoms with van der Waals surface area (Å²) < 4.78 is 96.7. The van der Waals surface area contributed by atoms with E-state index >= 15 is 0 Å². The molecule has 4 aromatic carbocycles. The Bertz CT molecular complexity index is 2710. The topological polar surface area (TPSA) is 317 Å². The molecular formula is C29H22N6O14S3. The fraction of sp³-hybridized carbons (Fsp3) is 0.0345. The molecule has 0 aliphatic heterocycles. The molecule has 0 radical (unpaired) electrons. The largest absolute Gasteiger partial charge is 0.506 e. The van der Waals surface area contributed by atoms with Gasteiger partial charge in [-0.2, -0.15) is 31.7 Å². The second kappa shape index (κ2) is 13.5. The Labute approximate surface area is 292 Å². The van der Waals surface area contributed by atoms with Crippen molar-refractivity contribution in [1.29, 1.82) is 0 Å². The van der Waals surface area contributed by atoms with Gasteiger partial charge in [-0.25, -0.2) is 13.2 Å². The van der Waals surface area contributed by atoms with Crippen molar-refractivity contribution in [2.24, 2.45) is 20.5 Å². The second-order valence-corrected chi connectivity index (χ2v) is 14.9. The van der Waals surface area contributed by atoms with Crippen LogP contribution in [-0.2, 0) is 30.1 Å². The number of ether oxygens (including phenoxy) is 1. The summed E-state index contributed by atoms with van der Waals surface area (Å²) in [6.45, 7) is 3.20. The number of fused-ring (bicyclic) bond motifs is 1. The molecule has 0 amide bonds. The molecule has 0 spiro atoms. The summed E-state index contributed by atoms with van der Waals surface area (Å²) in [5.74, 6) is -4.39. The number of carboxylic acid groups (broad SMARTS) is 1. The maximum atomic E-state index is 12.3. The van der Waals surface area contributed by atoms with E-state index in [0.29, 0.717) is 10.1 Å². The molecule has 0 atom stereocenters. The van der Waals surface area contributed by atoms with Crippen LogP contribution in [0.2, 0.25) is 0 Å². The van der Waals surface area contributed by atoms with Crippen molar-refractivity contribution < 1.29 is 64.3 Å². The van der Waals surface area contributed by atoms with Crippen molar-refractivity contribution >= 4 is 69.6 Å². The number of aromatic carboxylic acids is 1. The van der Waals surface area contributed by atoms with Crippen molar-refractivity contribution in [3.8, 4) is 28.8 Å². The lowest BCUT2D eigenvalue weighted by Crippen LogP contribution is -2.02. The molecule has 0 saturated heterocycles. The number of aromatic hydroxyl groups is 3. The number of phenols is 2. The summed E-state index contributed by atoms with van der Waals surface area (Å²) in [6.07, 6.45) is 0. The predicted octanol–water partition coefficient (Wildman–Crippen LogP) is 5.09. The molecule has 20 nitrogen and oxygen atoms in total. The van der Waals surface area contributed by atoms with Crippen molar-refractivity contribution in [1.82, 2.24) is 9.78 Å². The molecule has 0 bridgehead atoms. The van der Waals surface area contributed by atoms with E-state index in [-0.39, 0.29) is 27.9 Å². The van der Waals surface area contributed by atoms with Gasteiger partial charge in [-0.1, -0.05) is 12.6 Å². The Morgan fingerprint density at radius 2 is 1.48 bits per heavy atom. The molecule has 23 heteroatoms. The van der Waals surface area contributed by atoms with Gasteiger partial charge in [0.25, 0.3) is 20.2 Å². The number of rotatable bonds is 11. The average Bonchev–Trinajstić information content (AvgIpc) is 3.42. The summed E-state index contributed by atoms with van der Waals surface area (Å²) in [5.41, 5.74) is -2.81. The Hall–Kier alpha value is -6.27. The number of carboxylic acids is 1. The lowest BCUT2D eigenvalue weighted by Gasteiger charge is -2.10. The third-order valence-electron chi connectivity index (χ3n) is 7.04. The van der Waals surface area contributed by atoms with Crippen molar-refractivity contribution in [2.45, 2.75) is 14.7 Å². The highest BCUT2D eigenvalue weighted by molar-refractivity contribution is 7.94. The fourth-order valence-electron chi connectivity index (χ4n) is 4.56. The van der Waals surface area contributed by atoms with E-state index in [2.05, 4.69) is 32.1 Å². The van der Waals surface area contributed by atoms with Gasteiger partial charge in [-0.05, 0) is 47.9 Å². The quantitative estimate of drug-likeness (QED) is 0.0752. The molecule has 5 rings (SSSR count). The highest BCUT2D eigenvalue weighted by atomic mass is 32.2. The van der Waals surface area contributed by atoms with E-state index in [0.717, 1.165) is 55.6 Å².